The van der Waals surface area contributed by atoms with Crippen LogP contribution in [0.4, 0.5) is 0 Å². The van der Waals surface area contributed by atoms with Crippen LogP contribution < -0.4 is 5.32 Å². The van der Waals surface area contributed by atoms with Gasteiger partial charge in [-0.25, -0.2) is 0 Å². The Hall–Kier alpha value is -0.770. The molecule has 2 aromatic rings. The molecule has 2 atom stereocenters. The number of rotatable bonds is 3. The van der Waals surface area contributed by atoms with Crippen LogP contribution in [-0.4, -0.2) is 5.75 Å². The molecule has 100 valence electrons. The molecule has 1 aromatic heterocycles. The van der Waals surface area contributed by atoms with Gasteiger partial charge in [0.25, 0.3) is 0 Å². The van der Waals surface area contributed by atoms with Gasteiger partial charge in [-0.15, -0.1) is 11.3 Å². The fourth-order valence-corrected chi connectivity index (χ4v) is 4.59. The highest BCUT2D eigenvalue weighted by molar-refractivity contribution is 7.98. The van der Waals surface area contributed by atoms with Crippen LogP contribution in [0.1, 0.15) is 39.9 Å². The second-order valence-electron chi connectivity index (χ2n) is 5.10. The second kappa shape index (κ2) is 5.70. The van der Waals surface area contributed by atoms with Crippen molar-refractivity contribution < 1.29 is 0 Å². The number of hydrogen-bond donors (Lipinski definition) is 1. The van der Waals surface area contributed by atoms with Gasteiger partial charge in [-0.3, -0.25) is 0 Å². The standard InChI is InChI=1S/C16H19NS2/c1-11-7-8-16(19-11)12(2)17-15-10-18-9-13-5-3-4-6-14(13)15/h3-8,12,15,17H,9-10H2,1-2H3. The minimum Gasteiger partial charge on any atom is -0.302 e. The highest BCUT2D eigenvalue weighted by atomic mass is 32.2. The van der Waals surface area contributed by atoms with Gasteiger partial charge in [0.15, 0.2) is 0 Å². The Morgan fingerprint density at radius 1 is 1.21 bits per heavy atom. The minimum atomic E-state index is 0.426. The molecule has 0 amide bonds. The largest absolute Gasteiger partial charge is 0.302 e. The van der Waals surface area contributed by atoms with Crippen LogP contribution in [0.15, 0.2) is 36.4 Å². The second-order valence-corrected chi connectivity index (χ2v) is 7.45. The summed E-state index contributed by atoms with van der Waals surface area (Å²) in [5, 5.41) is 3.79. The van der Waals surface area contributed by atoms with Gasteiger partial charge in [-0.1, -0.05) is 24.3 Å². The van der Waals surface area contributed by atoms with E-state index in [-0.39, 0.29) is 0 Å². The Morgan fingerprint density at radius 2 is 2.05 bits per heavy atom. The first-order valence-electron chi connectivity index (χ1n) is 6.72. The number of benzene rings is 1. The van der Waals surface area contributed by atoms with E-state index in [1.165, 1.54) is 26.6 Å². The van der Waals surface area contributed by atoms with Crippen LogP contribution in [0.3, 0.4) is 0 Å². The third-order valence-corrected chi connectivity index (χ3v) is 5.88. The van der Waals surface area contributed by atoms with Crippen LogP contribution in [0.2, 0.25) is 0 Å². The van der Waals surface area contributed by atoms with Crippen molar-refractivity contribution in [3.8, 4) is 0 Å². The van der Waals surface area contributed by atoms with Gasteiger partial charge in [0, 0.05) is 33.3 Å². The molecule has 0 spiro atoms. The van der Waals surface area contributed by atoms with Crippen molar-refractivity contribution in [2.24, 2.45) is 0 Å². The molecular weight excluding hydrogens is 270 g/mol. The summed E-state index contributed by atoms with van der Waals surface area (Å²) >= 11 is 3.93. The zero-order chi connectivity index (χ0) is 13.2. The molecule has 3 rings (SSSR count). The van der Waals surface area contributed by atoms with Gasteiger partial charge in [-0.05, 0) is 37.1 Å². The fraction of sp³-hybridized carbons (Fsp3) is 0.375. The van der Waals surface area contributed by atoms with Gasteiger partial charge in [0.1, 0.15) is 0 Å². The average Bonchev–Trinajstić information content (AvgIpc) is 2.86. The minimum absolute atomic E-state index is 0.426. The summed E-state index contributed by atoms with van der Waals surface area (Å²) in [4.78, 5) is 2.83. The monoisotopic (exact) mass is 289 g/mol. The predicted octanol–water partition coefficient (Wildman–Crippen LogP) is 4.70. The van der Waals surface area contributed by atoms with E-state index in [2.05, 4.69) is 55.6 Å². The number of thioether (sulfide) groups is 1. The third kappa shape index (κ3) is 2.88. The summed E-state index contributed by atoms with van der Waals surface area (Å²) in [7, 11) is 0. The van der Waals surface area contributed by atoms with Gasteiger partial charge < -0.3 is 5.32 Å². The molecule has 0 bridgehead atoms. The van der Waals surface area contributed by atoms with E-state index in [4.69, 9.17) is 0 Å². The SMILES string of the molecule is Cc1ccc(C(C)NC2CSCc3ccccc32)s1. The number of nitrogens with one attached hydrogen (secondary N) is 1. The lowest BCUT2D eigenvalue weighted by Crippen LogP contribution is -2.28. The molecule has 1 aromatic carbocycles. The van der Waals surface area contributed by atoms with Crippen molar-refractivity contribution in [2.45, 2.75) is 31.7 Å². The number of hydrogen-bond acceptors (Lipinski definition) is 3. The van der Waals surface area contributed by atoms with Crippen LogP contribution >= 0.6 is 23.1 Å². The maximum Gasteiger partial charge on any atom is 0.0420 e. The summed E-state index contributed by atoms with van der Waals surface area (Å²) in [6.07, 6.45) is 0. The molecule has 0 fully saturated rings. The van der Waals surface area contributed by atoms with Crippen LogP contribution in [0.25, 0.3) is 0 Å². The maximum absolute atomic E-state index is 3.79. The maximum atomic E-state index is 3.79. The molecule has 0 saturated heterocycles. The number of aryl methyl sites for hydroxylation is 1. The highest BCUT2D eigenvalue weighted by Gasteiger charge is 2.22. The van der Waals surface area contributed by atoms with Crippen molar-refractivity contribution in [1.29, 1.82) is 0 Å². The Labute approximate surface area is 123 Å². The Kier molecular flexibility index (Phi) is 3.96. The first-order chi connectivity index (χ1) is 9.24. The van der Waals surface area contributed by atoms with Gasteiger partial charge in [0.2, 0.25) is 0 Å². The van der Waals surface area contributed by atoms with E-state index in [1.54, 1.807) is 0 Å². The van der Waals surface area contributed by atoms with E-state index >= 15 is 0 Å². The third-order valence-electron chi connectivity index (χ3n) is 3.61. The Morgan fingerprint density at radius 3 is 2.84 bits per heavy atom. The normalized spacial score (nSPS) is 20.0. The number of thiophene rings is 1. The Balaban J connectivity index is 1.77. The fourth-order valence-electron chi connectivity index (χ4n) is 2.59. The zero-order valence-corrected chi connectivity index (χ0v) is 13.0. The van der Waals surface area contributed by atoms with E-state index in [0.717, 1.165) is 5.75 Å². The van der Waals surface area contributed by atoms with E-state index < -0.39 is 0 Å². The highest BCUT2D eigenvalue weighted by Crippen LogP contribution is 2.33. The first kappa shape index (κ1) is 13.2. The molecule has 0 saturated carbocycles. The van der Waals surface area contributed by atoms with Gasteiger partial charge >= 0.3 is 0 Å². The molecule has 19 heavy (non-hydrogen) atoms. The first-order valence-corrected chi connectivity index (χ1v) is 8.69. The molecule has 0 radical (unpaired) electrons. The lowest BCUT2D eigenvalue weighted by atomic mass is 10.0. The van der Waals surface area contributed by atoms with Crippen LogP contribution in [0.5, 0.6) is 0 Å². The lowest BCUT2D eigenvalue weighted by molar-refractivity contribution is 0.501. The van der Waals surface area contributed by atoms with E-state index in [9.17, 15) is 0 Å². The van der Waals surface area contributed by atoms with Gasteiger partial charge in [-0.2, -0.15) is 11.8 Å². The smallest absolute Gasteiger partial charge is 0.0420 e. The van der Waals surface area contributed by atoms with Crippen molar-refractivity contribution in [2.75, 3.05) is 5.75 Å². The summed E-state index contributed by atoms with van der Waals surface area (Å²) in [6.45, 7) is 4.44. The molecule has 1 aliphatic rings. The van der Waals surface area contributed by atoms with Crippen molar-refractivity contribution in [3.05, 3.63) is 57.3 Å². The summed E-state index contributed by atoms with van der Waals surface area (Å²) in [5.41, 5.74) is 2.98. The van der Waals surface area contributed by atoms with Gasteiger partial charge in [0.05, 0.1) is 0 Å². The molecule has 2 unspecified atom stereocenters. The Bertz CT molecular complexity index is 561. The molecule has 3 heteroatoms. The topological polar surface area (TPSA) is 12.0 Å². The van der Waals surface area contributed by atoms with Crippen LogP contribution in [0, 0.1) is 6.92 Å². The molecule has 2 heterocycles. The van der Waals surface area contributed by atoms with Crippen molar-refractivity contribution in [1.82, 2.24) is 5.32 Å². The van der Waals surface area contributed by atoms with Crippen LogP contribution in [-0.2, 0) is 5.75 Å². The number of fused-ring (bicyclic) bond motifs is 1. The van der Waals surface area contributed by atoms with Crippen molar-refractivity contribution in [3.63, 3.8) is 0 Å². The zero-order valence-electron chi connectivity index (χ0n) is 11.3. The molecule has 1 aliphatic heterocycles. The molecule has 1 N–H and O–H groups in total. The van der Waals surface area contributed by atoms with E-state index in [0.29, 0.717) is 12.1 Å². The average molecular weight is 289 g/mol. The molecular formula is C16H19NS2. The quantitative estimate of drug-likeness (QED) is 0.879. The van der Waals surface area contributed by atoms with E-state index in [1.807, 2.05) is 23.1 Å². The summed E-state index contributed by atoms with van der Waals surface area (Å²) in [6, 6.07) is 14.2. The van der Waals surface area contributed by atoms with Crippen molar-refractivity contribution >= 4 is 23.1 Å². The molecule has 1 nitrogen and oxygen atoms in total. The summed E-state index contributed by atoms with van der Waals surface area (Å²) < 4.78 is 0. The predicted molar refractivity (Wildman–Crippen MR) is 86.0 cm³/mol. The summed E-state index contributed by atoms with van der Waals surface area (Å²) in [5.74, 6) is 2.33. The molecule has 0 aliphatic carbocycles. The lowest BCUT2D eigenvalue weighted by Gasteiger charge is -2.28.